The summed E-state index contributed by atoms with van der Waals surface area (Å²) in [6.07, 6.45) is 97.3. The molecule has 0 heterocycles. The van der Waals surface area contributed by atoms with E-state index in [1.54, 1.807) is 0 Å². The molecule has 0 aromatic carbocycles. The van der Waals surface area contributed by atoms with Gasteiger partial charge in [-0.2, -0.15) is 0 Å². The second-order valence-electron chi connectivity index (χ2n) is 22.5. The van der Waals surface area contributed by atoms with Crippen molar-refractivity contribution < 1.29 is 24.2 Å². The van der Waals surface area contributed by atoms with E-state index in [1.165, 1.54) is 218 Å². The zero-order valence-electron chi connectivity index (χ0n) is 51.7. The molecule has 0 spiro atoms. The molecule has 0 saturated carbocycles. The standard InChI is InChI=1S/C73H128O5/c1-3-5-7-9-11-13-15-17-19-21-23-25-27-29-31-32-33-34-35-36-37-38-39-40-42-43-45-47-49-51-53-55-57-59-61-63-65-67-72(75)77-70-71(69-74)78-73(76)68-66-64-62-60-58-56-54-52-50-48-46-44-41-30-28-26-24-22-20-18-16-14-12-10-8-6-4-2/h6,8,12,14,18,20,24,26,30,41,46,48,52,54,58,60,71,74H,3-5,7,9-11,13,15-17,19,21-23,25,27-29,31-40,42-45,47,49-51,53,55-57,59,61-70H2,1-2H3/b8-6-,14-12-,20-18-,26-24-,41-30-,48-46-,54-52-,60-58-. The third-order valence-electron chi connectivity index (χ3n) is 14.9. The minimum Gasteiger partial charge on any atom is -0.462 e. The van der Waals surface area contributed by atoms with Crippen LogP contribution in [-0.4, -0.2) is 36.4 Å². The van der Waals surface area contributed by atoms with Crippen molar-refractivity contribution in [2.75, 3.05) is 13.2 Å². The third kappa shape index (κ3) is 65.3. The van der Waals surface area contributed by atoms with Crippen LogP contribution in [0.5, 0.6) is 0 Å². The highest BCUT2D eigenvalue weighted by molar-refractivity contribution is 5.70. The van der Waals surface area contributed by atoms with Crippen LogP contribution in [0.15, 0.2) is 97.2 Å². The summed E-state index contributed by atoms with van der Waals surface area (Å²) < 4.78 is 10.7. The molecule has 450 valence electrons. The van der Waals surface area contributed by atoms with E-state index in [9.17, 15) is 14.7 Å². The molecule has 5 heteroatoms. The molecule has 0 fully saturated rings. The van der Waals surface area contributed by atoms with Gasteiger partial charge in [0, 0.05) is 12.8 Å². The van der Waals surface area contributed by atoms with Crippen LogP contribution in [0.2, 0.25) is 0 Å². The molecular formula is C73H128O5. The maximum Gasteiger partial charge on any atom is 0.306 e. The lowest BCUT2D eigenvalue weighted by molar-refractivity contribution is -0.161. The number of carbonyl (C=O) groups excluding carboxylic acids is 2. The SMILES string of the molecule is CC/C=C\C/C=C\C/C=C\C/C=C\C/C=C\C/C=C\C/C=C\C/C=C\CCCCC(=O)OC(CO)COC(=O)CCCCCCCCCCCCCCCCCCCCCCCCCCCCCCCCCCCCCCC. The predicted octanol–water partition coefficient (Wildman–Crippen LogP) is 23.4. The van der Waals surface area contributed by atoms with Crippen LogP contribution in [0.4, 0.5) is 0 Å². The number of ether oxygens (including phenoxy) is 2. The summed E-state index contributed by atoms with van der Waals surface area (Å²) in [7, 11) is 0. The molecule has 0 radical (unpaired) electrons. The Kier molecular flexibility index (Phi) is 65.3. The topological polar surface area (TPSA) is 72.8 Å². The smallest absolute Gasteiger partial charge is 0.306 e. The Morgan fingerprint density at radius 1 is 0.308 bits per heavy atom. The number of hydrogen-bond donors (Lipinski definition) is 1. The third-order valence-corrected chi connectivity index (χ3v) is 14.9. The highest BCUT2D eigenvalue weighted by atomic mass is 16.6. The van der Waals surface area contributed by atoms with Gasteiger partial charge in [0.25, 0.3) is 0 Å². The van der Waals surface area contributed by atoms with E-state index in [0.717, 1.165) is 89.9 Å². The second-order valence-corrected chi connectivity index (χ2v) is 22.5. The molecule has 0 aliphatic carbocycles. The summed E-state index contributed by atoms with van der Waals surface area (Å²) >= 11 is 0. The first-order valence-corrected chi connectivity index (χ1v) is 33.8. The Labute approximate surface area is 485 Å². The lowest BCUT2D eigenvalue weighted by atomic mass is 10.0. The predicted molar refractivity (Wildman–Crippen MR) is 343 cm³/mol. The van der Waals surface area contributed by atoms with Gasteiger partial charge in [0.1, 0.15) is 6.61 Å². The normalized spacial score (nSPS) is 12.8. The first kappa shape index (κ1) is 74.8. The molecule has 1 unspecified atom stereocenters. The van der Waals surface area contributed by atoms with E-state index >= 15 is 0 Å². The van der Waals surface area contributed by atoms with Crippen molar-refractivity contribution in [3.8, 4) is 0 Å². The van der Waals surface area contributed by atoms with E-state index in [4.69, 9.17) is 9.47 Å². The average molecular weight is 1090 g/mol. The zero-order valence-corrected chi connectivity index (χ0v) is 51.7. The summed E-state index contributed by atoms with van der Waals surface area (Å²) in [5.41, 5.74) is 0. The van der Waals surface area contributed by atoms with Gasteiger partial charge in [-0.3, -0.25) is 9.59 Å². The molecule has 0 aliphatic rings. The number of allylic oxidation sites excluding steroid dienone is 16. The lowest BCUT2D eigenvalue weighted by Gasteiger charge is -2.15. The van der Waals surface area contributed by atoms with Crippen LogP contribution in [0.3, 0.4) is 0 Å². The number of esters is 2. The highest BCUT2D eigenvalue weighted by Crippen LogP contribution is 2.18. The molecule has 1 N–H and O–H groups in total. The summed E-state index contributed by atoms with van der Waals surface area (Å²) in [5.74, 6) is -0.635. The van der Waals surface area contributed by atoms with Crippen LogP contribution >= 0.6 is 0 Å². The molecule has 0 rings (SSSR count). The van der Waals surface area contributed by atoms with Gasteiger partial charge in [0.15, 0.2) is 6.10 Å². The van der Waals surface area contributed by atoms with Gasteiger partial charge >= 0.3 is 11.9 Å². The van der Waals surface area contributed by atoms with Gasteiger partial charge < -0.3 is 14.6 Å². The number of aliphatic hydroxyl groups excluding tert-OH is 1. The first-order valence-electron chi connectivity index (χ1n) is 33.8. The number of aliphatic hydroxyl groups is 1. The van der Waals surface area contributed by atoms with Crippen molar-refractivity contribution in [1.29, 1.82) is 0 Å². The van der Waals surface area contributed by atoms with Crippen molar-refractivity contribution in [3.05, 3.63) is 97.2 Å². The Morgan fingerprint density at radius 2 is 0.551 bits per heavy atom. The summed E-state index contributed by atoms with van der Waals surface area (Å²) in [6, 6.07) is 0. The molecule has 5 nitrogen and oxygen atoms in total. The van der Waals surface area contributed by atoms with Crippen molar-refractivity contribution >= 4 is 11.9 Å². The van der Waals surface area contributed by atoms with Crippen LogP contribution in [-0.2, 0) is 19.1 Å². The molecule has 1 atom stereocenters. The van der Waals surface area contributed by atoms with E-state index < -0.39 is 6.10 Å². The molecule has 0 saturated heterocycles. The van der Waals surface area contributed by atoms with Crippen LogP contribution in [0.1, 0.15) is 335 Å². The lowest BCUT2D eigenvalue weighted by Crippen LogP contribution is -2.28. The molecule has 0 aromatic heterocycles. The molecular weight excluding hydrogens is 957 g/mol. The van der Waals surface area contributed by atoms with Crippen molar-refractivity contribution in [3.63, 3.8) is 0 Å². The van der Waals surface area contributed by atoms with Crippen LogP contribution < -0.4 is 0 Å². The Hall–Kier alpha value is -3.18. The first-order chi connectivity index (χ1) is 38.6. The molecule has 0 aliphatic heterocycles. The van der Waals surface area contributed by atoms with Crippen molar-refractivity contribution in [1.82, 2.24) is 0 Å². The fourth-order valence-corrected chi connectivity index (χ4v) is 9.87. The fraction of sp³-hybridized carbons (Fsp3) is 0.753. The van der Waals surface area contributed by atoms with Gasteiger partial charge in [0.2, 0.25) is 0 Å². The number of hydrogen-bond acceptors (Lipinski definition) is 5. The largest absolute Gasteiger partial charge is 0.462 e. The highest BCUT2D eigenvalue weighted by Gasteiger charge is 2.16. The van der Waals surface area contributed by atoms with E-state index in [0.29, 0.717) is 12.8 Å². The second kappa shape index (κ2) is 68.1. The van der Waals surface area contributed by atoms with Gasteiger partial charge in [-0.05, 0) is 77.0 Å². The maximum atomic E-state index is 12.3. The van der Waals surface area contributed by atoms with E-state index in [1.807, 2.05) is 0 Å². The summed E-state index contributed by atoms with van der Waals surface area (Å²) in [5, 5.41) is 9.68. The monoisotopic (exact) mass is 1080 g/mol. The summed E-state index contributed by atoms with van der Waals surface area (Å²) in [6.45, 7) is 4.03. The van der Waals surface area contributed by atoms with E-state index in [-0.39, 0.29) is 25.2 Å². The van der Waals surface area contributed by atoms with Crippen molar-refractivity contribution in [2.45, 2.75) is 341 Å². The molecule has 0 bridgehead atoms. The number of carbonyl (C=O) groups is 2. The van der Waals surface area contributed by atoms with Crippen LogP contribution in [0.25, 0.3) is 0 Å². The van der Waals surface area contributed by atoms with Gasteiger partial charge in [-0.25, -0.2) is 0 Å². The molecule has 0 amide bonds. The maximum absolute atomic E-state index is 12.3. The van der Waals surface area contributed by atoms with Gasteiger partial charge in [-0.15, -0.1) is 0 Å². The summed E-state index contributed by atoms with van der Waals surface area (Å²) in [4.78, 5) is 24.6. The van der Waals surface area contributed by atoms with Crippen molar-refractivity contribution in [2.24, 2.45) is 0 Å². The molecule has 0 aromatic rings. The zero-order chi connectivity index (χ0) is 56.2. The fourth-order valence-electron chi connectivity index (χ4n) is 9.87. The van der Waals surface area contributed by atoms with Gasteiger partial charge in [0.05, 0.1) is 6.61 Å². The number of rotatable bonds is 62. The van der Waals surface area contributed by atoms with Crippen LogP contribution in [0, 0.1) is 0 Å². The quantitative estimate of drug-likeness (QED) is 0.0373. The minimum absolute atomic E-state index is 0.0862. The number of unbranched alkanes of at least 4 members (excludes halogenated alkanes) is 38. The Morgan fingerprint density at radius 3 is 0.833 bits per heavy atom. The van der Waals surface area contributed by atoms with E-state index in [2.05, 4.69) is 111 Å². The Bertz CT molecular complexity index is 1460. The Balaban J connectivity index is 3.48. The molecule has 78 heavy (non-hydrogen) atoms. The average Bonchev–Trinajstić information content (AvgIpc) is 3.44. The minimum atomic E-state index is -0.802. The van der Waals surface area contributed by atoms with Gasteiger partial charge in [-0.1, -0.05) is 342 Å².